The summed E-state index contributed by atoms with van der Waals surface area (Å²) in [5.41, 5.74) is 0.444. The normalized spacial score (nSPS) is 18.8. The third-order valence-corrected chi connectivity index (χ3v) is 4.32. The van der Waals surface area contributed by atoms with E-state index in [0.717, 1.165) is 0 Å². The summed E-state index contributed by atoms with van der Waals surface area (Å²) in [6.07, 6.45) is 0. The van der Waals surface area contributed by atoms with E-state index in [1.54, 1.807) is 6.92 Å². The Labute approximate surface area is 84.3 Å². The number of fused-ring (bicyclic) bond motifs is 1. The zero-order valence-electron chi connectivity index (χ0n) is 6.54. The predicted octanol–water partition coefficient (Wildman–Crippen LogP) is 1.93. The third kappa shape index (κ3) is 1.34. The van der Waals surface area contributed by atoms with E-state index < -0.39 is 10.0 Å². The molecule has 2 rings (SSSR count). The molecule has 0 saturated heterocycles. The van der Waals surface area contributed by atoms with Crippen LogP contribution >= 0.6 is 22.9 Å². The van der Waals surface area contributed by atoms with Crippen LogP contribution in [0.2, 0.25) is 4.34 Å². The van der Waals surface area contributed by atoms with Gasteiger partial charge in [-0.25, -0.2) is 0 Å². The van der Waals surface area contributed by atoms with Crippen molar-refractivity contribution >= 4 is 44.5 Å². The fourth-order valence-electron chi connectivity index (χ4n) is 1.05. The summed E-state index contributed by atoms with van der Waals surface area (Å²) < 4.78 is 26.8. The molecule has 0 fully saturated rings. The molecule has 1 N–H and O–H groups in total. The van der Waals surface area contributed by atoms with Crippen molar-refractivity contribution in [1.82, 2.24) is 0 Å². The second-order valence-corrected chi connectivity index (χ2v) is 5.58. The van der Waals surface area contributed by atoms with Crippen LogP contribution in [0.1, 0.15) is 6.92 Å². The lowest BCUT2D eigenvalue weighted by Crippen LogP contribution is -2.17. The van der Waals surface area contributed by atoms with Gasteiger partial charge in [0.25, 0.3) is 10.0 Å². The lowest BCUT2D eigenvalue weighted by Gasteiger charge is -2.11. The summed E-state index contributed by atoms with van der Waals surface area (Å²) >= 11 is 6.96. The molecule has 0 bridgehead atoms. The fraction of sp³-hybridized carbons (Fsp3) is 0.167. The van der Waals surface area contributed by atoms with Crippen LogP contribution in [0.25, 0.3) is 0 Å². The van der Waals surface area contributed by atoms with Crippen LogP contribution in [0.15, 0.2) is 14.7 Å². The number of nitrogens with one attached hydrogen (secondary N) is 1. The Morgan fingerprint density at radius 1 is 1.62 bits per heavy atom. The van der Waals surface area contributed by atoms with Gasteiger partial charge in [-0.15, -0.1) is 15.7 Å². The minimum atomic E-state index is -3.52. The van der Waals surface area contributed by atoms with Gasteiger partial charge in [-0.05, 0) is 6.92 Å². The number of rotatable bonds is 0. The minimum absolute atomic E-state index is 0.160. The highest BCUT2D eigenvalue weighted by atomic mass is 35.5. The summed E-state index contributed by atoms with van der Waals surface area (Å²) in [6, 6.07) is 0. The van der Waals surface area contributed by atoms with Crippen LogP contribution in [0.5, 0.6) is 0 Å². The molecule has 13 heavy (non-hydrogen) atoms. The van der Waals surface area contributed by atoms with E-state index in [4.69, 9.17) is 11.6 Å². The zero-order valence-corrected chi connectivity index (χ0v) is 8.92. The van der Waals surface area contributed by atoms with Gasteiger partial charge in [0.1, 0.15) is 15.1 Å². The highest BCUT2D eigenvalue weighted by molar-refractivity contribution is 7.90. The van der Waals surface area contributed by atoms with Crippen molar-refractivity contribution in [2.24, 2.45) is 4.40 Å². The maximum absolute atomic E-state index is 11.4. The largest absolute Gasteiger partial charge is 0.340 e. The molecule has 0 aliphatic carbocycles. The van der Waals surface area contributed by atoms with Crippen LogP contribution < -0.4 is 5.32 Å². The molecular weight excluding hydrogens is 232 g/mol. The zero-order chi connectivity index (χ0) is 9.64. The van der Waals surface area contributed by atoms with Gasteiger partial charge in [-0.3, -0.25) is 0 Å². The number of thiophene rings is 1. The first-order valence-corrected chi connectivity index (χ1v) is 6.06. The smallest absolute Gasteiger partial charge is 0.286 e. The first kappa shape index (κ1) is 8.98. The maximum atomic E-state index is 11.4. The molecular formula is C6H5ClN2O2S2. The topological polar surface area (TPSA) is 58.5 Å². The van der Waals surface area contributed by atoms with E-state index in [1.807, 2.05) is 0 Å². The Morgan fingerprint density at radius 3 is 3.00 bits per heavy atom. The number of amidine groups is 1. The first-order valence-electron chi connectivity index (χ1n) is 3.36. The van der Waals surface area contributed by atoms with Gasteiger partial charge in [0.05, 0.1) is 5.69 Å². The average molecular weight is 237 g/mol. The Balaban J connectivity index is 2.74. The van der Waals surface area contributed by atoms with Crippen molar-refractivity contribution in [2.75, 3.05) is 5.32 Å². The Kier molecular flexibility index (Phi) is 1.86. The number of hydrogen-bond donors (Lipinski definition) is 1. The molecule has 0 spiro atoms. The van der Waals surface area contributed by atoms with Crippen LogP contribution in [0.4, 0.5) is 5.69 Å². The van der Waals surface area contributed by atoms with Crippen molar-refractivity contribution < 1.29 is 8.42 Å². The molecule has 1 aromatic heterocycles. The molecule has 0 atom stereocenters. The van der Waals surface area contributed by atoms with Crippen LogP contribution in [-0.4, -0.2) is 14.3 Å². The quantitative estimate of drug-likeness (QED) is 0.749. The number of anilines is 1. The fourth-order valence-corrected chi connectivity index (χ4v) is 3.61. The summed E-state index contributed by atoms with van der Waals surface area (Å²) in [5.74, 6) is 0.341. The summed E-state index contributed by atoms with van der Waals surface area (Å²) in [5, 5.41) is 4.30. The Morgan fingerprint density at radius 2 is 2.31 bits per heavy atom. The van der Waals surface area contributed by atoms with Crippen LogP contribution in [-0.2, 0) is 10.0 Å². The molecule has 0 saturated carbocycles. The van der Waals surface area contributed by atoms with Gasteiger partial charge in [0.15, 0.2) is 0 Å². The van der Waals surface area contributed by atoms with Gasteiger partial charge in [-0.1, -0.05) is 11.6 Å². The monoisotopic (exact) mass is 236 g/mol. The molecule has 2 heterocycles. The first-order chi connectivity index (χ1) is 6.00. The third-order valence-electron chi connectivity index (χ3n) is 1.55. The SMILES string of the molecule is CC1=NS(=O)(=O)c2csc(Cl)c2N1. The maximum Gasteiger partial charge on any atom is 0.286 e. The summed E-state index contributed by atoms with van der Waals surface area (Å²) in [7, 11) is -3.52. The molecule has 70 valence electrons. The van der Waals surface area contributed by atoms with Crippen molar-refractivity contribution in [3.63, 3.8) is 0 Å². The molecule has 4 nitrogen and oxygen atoms in total. The van der Waals surface area contributed by atoms with Gasteiger partial charge in [-0.2, -0.15) is 8.42 Å². The Bertz CT molecular complexity index is 489. The van der Waals surface area contributed by atoms with Gasteiger partial charge in [0.2, 0.25) is 0 Å². The minimum Gasteiger partial charge on any atom is -0.340 e. The summed E-state index contributed by atoms with van der Waals surface area (Å²) in [6.45, 7) is 1.58. The van der Waals surface area contributed by atoms with Crippen molar-refractivity contribution in [3.05, 3.63) is 9.72 Å². The van der Waals surface area contributed by atoms with E-state index in [9.17, 15) is 8.42 Å². The molecule has 7 heteroatoms. The van der Waals surface area contributed by atoms with Crippen molar-refractivity contribution in [3.8, 4) is 0 Å². The highest BCUT2D eigenvalue weighted by Crippen LogP contribution is 2.38. The second kappa shape index (κ2) is 2.70. The molecule has 0 unspecified atom stereocenters. The Hall–Kier alpha value is -0.590. The van der Waals surface area contributed by atoms with Crippen LogP contribution in [0.3, 0.4) is 0 Å². The van der Waals surface area contributed by atoms with Crippen LogP contribution in [0, 0.1) is 0 Å². The highest BCUT2D eigenvalue weighted by Gasteiger charge is 2.26. The molecule has 0 radical (unpaired) electrons. The van der Waals surface area contributed by atoms with Gasteiger partial charge >= 0.3 is 0 Å². The molecule has 1 aromatic rings. The van der Waals surface area contributed by atoms with E-state index in [1.165, 1.54) is 16.7 Å². The standard InChI is InChI=1S/C6H5ClN2O2S2/c1-3-8-5-4(2-12-6(5)7)13(10,11)9-3/h2H,1H3,(H,8,9). The molecule has 0 amide bonds. The molecule has 1 aliphatic heterocycles. The number of sulfonamides is 1. The lowest BCUT2D eigenvalue weighted by atomic mass is 10.5. The van der Waals surface area contributed by atoms with Crippen molar-refractivity contribution in [2.45, 2.75) is 11.8 Å². The van der Waals surface area contributed by atoms with E-state index >= 15 is 0 Å². The summed E-state index contributed by atoms with van der Waals surface area (Å²) in [4.78, 5) is 0.160. The van der Waals surface area contributed by atoms with E-state index in [2.05, 4.69) is 9.71 Å². The van der Waals surface area contributed by atoms with Crippen molar-refractivity contribution in [1.29, 1.82) is 0 Å². The van der Waals surface area contributed by atoms with Gasteiger partial charge in [0, 0.05) is 5.38 Å². The average Bonchev–Trinajstić information content (AvgIpc) is 2.31. The lowest BCUT2D eigenvalue weighted by molar-refractivity contribution is 0.598. The van der Waals surface area contributed by atoms with E-state index in [-0.39, 0.29) is 4.90 Å². The van der Waals surface area contributed by atoms with Gasteiger partial charge < -0.3 is 5.32 Å². The predicted molar refractivity (Wildman–Crippen MR) is 53.2 cm³/mol. The number of hydrogen-bond acceptors (Lipinski definition) is 4. The van der Waals surface area contributed by atoms with E-state index in [0.29, 0.717) is 15.9 Å². The molecule has 0 aromatic carbocycles. The number of halogens is 1. The number of nitrogens with zero attached hydrogens (tertiary/aromatic N) is 1. The second-order valence-electron chi connectivity index (χ2n) is 2.53. The molecule has 1 aliphatic rings.